The third kappa shape index (κ3) is 4.79. The number of rotatable bonds is 0. The molecule has 0 saturated heterocycles. The lowest BCUT2D eigenvalue weighted by Gasteiger charge is -2.55. The number of hydrogen-bond donors (Lipinski definition) is 0. The van der Waals surface area contributed by atoms with Gasteiger partial charge in [0.1, 0.15) is 0 Å². The summed E-state index contributed by atoms with van der Waals surface area (Å²) in [6.45, 7) is 12.0. The Balaban J connectivity index is 0.00000117. The van der Waals surface area contributed by atoms with Gasteiger partial charge >= 0.3 is 0 Å². The Kier molecular flexibility index (Phi) is 8.15. The molecule has 0 amide bonds. The smallest absolute Gasteiger partial charge is 0 e. The molecular weight excluding hydrogens is 288 g/mol. The number of fused-ring (bicyclic) bond motifs is 3. The Morgan fingerprint density at radius 2 is 1.46 bits per heavy atom. The van der Waals surface area contributed by atoms with Gasteiger partial charge in [0, 0.05) is 2.85 Å². The van der Waals surface area contributed by atoms with Crippen LogP contribution in [0.3, 0.4) is 0 Å². The first-order chi connectivity index (χ1) is 11.5. The van der Waals surface area contributed by atoms with Gasteiger partial charge in [-0.05, 0) is 67.1 Å². The monoisotopic (exact) mass is 338 g/mol. The Morgan fingerprint density at radius 3 is 2.21 bits per heavy atom. The second-order valence-electron chi connectivity index (χ2n) is 9.95. The fourth-order valence-corrected chi connectivity index (χ4v) is 6.46. The first kappa shape index (κ1) is 20.3. The van der Waals surface area contributed by atoms with Crippen LogP contribution in [0.5, 0.6) is 0 Å². The lowest BCUT2D eigenvalue weighted by molar-refractivity contribution is -0.0585. The molecule has 0 heterocycles. The van der Waals surface area contributed by atoms with E-state index in [2.05, 4.69) is 34.6 Å². The molecule has 0 nitrogen and oxygen atoms in total. The molecule has 0 spiro atoms. The molecule has 3 fully saturated rings. The van der Waals surface area contributed by atoms with E-state index in [1.807, 2.05) is 0 Å². The summed E-state index contributed by atoms with van der Waals surface area (Å²) >= 11 is 0. The van der Waals surface area contributed by atoms with Gasteiger partial charge in [0.15, 0.2) is 0 Å². The minimum Gasteiger partial charge on any atom is -0.0656 e. The highest BCUT2D eigenvalue weighted by Crippen LogP contribution is 2.58. The molecule has 146 valence electrons. The predicted octanol–water partition coefficient (Wildman–Crippen LogP) is 8.74. The zero-order chi connectivity index (χ0) is 17.6. The van der Waals surface area contributed by atoms with Crippen molar-refractivity contribution in [3.05, 3.63) is 0 Å². The topological polar surface area (TPSA) is 0 Å². The molecule has 0 aliphatic heterocycles. The summed E-state index contributed by atoms with van der Waals surface area (Å²) < 4.78 is 0. The normalized spacial score (nSPS) is 43.6. The van der Waals surface area contributed by atoms with Crippen LogP contribution < -0.4 is 0 Å². The molecule has 3 rings (SSSR count). The van der Waals surface area contributed by atoms with Crippen LogP contribution >= 0.6 is 0 Å². The van der Waals surface area contributed by atoms with Crippen LogP contribution in [-0.2, 0) is 0 Å². The van der Waals surface area contributed by atoms with E-state index in [0.717, 1.165) is 29.6 Å². The highest BCUT2D eigenvalue weighted by molar-refractivity contribution is 4.99. The fraction of sp³-hybridized carbons (Fsp3) is 1.00. The van der Waals surface area contributed by atoms with Crippen molar-refractivity contribution in [1.82, 2.24) is 0 Å². The fourth-order valence-electron chi connectivity index (χ4n) is 6.46. The molecule has 0 bridgehead atoms. The first-order valence-electron chi connectivity index (χ1n) is 11.5. The van der Waals surface area contributed by atoms with Gasteiger partial charge in [-0.3, -0.25) is 0 Å². The summed E-state index contributed by atoms with van der Waals surface area (Å²) in [6, 6.07) is 0. The summed E-state index contributed by atoms with van der Waals surface area (Å²) in [6.07, 6.45) is 19.5. The first-order valence-corrected chi connectivity index (χ1v) is 11.5. The van der Waals surface area contributed by atoms with Crippen LogP contribution in [0.25, 0.3) is 0 Å². The summed E-state index contributed by atoms with van der Waals surface area (Å²) in [5, 5.41) is 0. The Hall–Kier alpha value is 0. The van der Waals surface area contributed by atoms with Crippen LogP contribution in [-0.4, -0.2) is 0 Å². The van der Waals surface area contributed by atoms with Crippen molar-refractivity contribution in [2.75, 3.05) is 0 Å². The van der Waals surface area contributed by atoms with Crippen LogP contribution in [0.2, 0.25) is 0 Å². The van der Waals surface area contributed by atoms with Gasteiger partial charge in [-0.25, -0.2) is 0 Å². The third-order valence-electron chi connectivity index (χ3n) is 7.97. The van der Waals surface area contributed by atoms with Crippen LogP contribution in [0, 0.1) is 35.0 Å². The molecule has 24 heavy (non-hydrogen) atoms. The largest absolute Gasteiger partial charge is 0.0656 e. The van der Waals surface area contributed by atoms with E-state index >= 15 is 0 Å². The maximum atomic E-state index is 2.70. The Morgan fingerprint density at radius 1 is 0.792 bits per heavy atom. The Bertz CT molecular complexity index is 356. The van der Waals surface area contributed by atoms with Gasteiger partial charge < -0.3 is 0 Å². The standard InChI is InChI=1S/C21H38.C3H8.2H2/c1-16-8-4-5-10-20-19(17(2)12-11-16)14-13-18-9-6-7-15-21(18,20)3;1-3-2;;/h16-20H,4-15H2,1-3H3;3H2,1-2H3;2*1H/t16?,17?,18?,19?,20?,21-;;;/m0.../s1. The summed E-state index contributed by atoms with van der Waals surface area (Å²) in [5.74, 6) is 5.14. The third-order valence-corrected chi connectivity index (χ3v) is 7.97. The van der Waals surface area contributed by atoms with Gasteiger partial charge in [0.2, 0.25) is 0 Å². The lowest BCUT2D eigenvalue weighted by atomic mass is 9.50. The molecular formula is C24H50. The predicted molar refractivity (Wildman–Crippen MR) is 113 cm³/mol. The van der Waals surface area contributed by atoms with E-state index in [1.54, 1.807) is 32.1 Å². The van der Waals surface area contributed by atoms with Crippen LogP contribution in [0.4, 0.5) is 0 Å². The highest BCUT2D eigenvalue weighted by atomic mass is 14.5. The van der Waals surface area contributed by atoms with Gasteiger partial charge in [-0.2, -0.15) is 0 Å². The minimum atomic E-state index is 0. The van der Waals surface area contributed by atoms with Crippen LogP contribution in [0.15, 0.2) is 0 Å². The zero-order valence-electron chi connectivity index (χ0n) is 17.6. The molecule has 3 aliphatic rings. The van der Waals surface area contributed by atoms with Crippen molar-refractivity contribution in [3.8, 4) is 0 Å². The van der Waals surface area contributed by atoms with Crippen LogP contribution in [0.1, 0.15) is 121 Å². The lowest BCUT2D eigenvalue weighted by Crippen LogP contribution is -2.47. The van der Waals surface area contributed by atoms with Crippen molar-refractivity contribution >= 4 is 0 Å². The van der Waals surface area contributed by atoms with Crippen molar-refractivity contribution < 1.29 is 2.85 Å². The van der Waals surface area contributed by atoms with Gasteiger partial charge in [-0.15, -0.1) is 0 Å². The molecule has 3 aliphatic carbocycles. The average Bonchev–Trinajstić information content (AvgIpc) is 2.56. The summed E-state index contributed by atoms with van der Waals surface area (Å²) in [5.41, 5.74) is 0.709. The highest BCUT2D eigenvalue weighted by Gasteiger charge is 2.49. The molecule has 5 unspecified atom stereocenters. The quantitative estimate of drug-likeness (QED) is 0.414. The number of hydrogen-bond acceptors (Lipinski definition) is 0. The zero-order valence-corrected chi connectivity index (χ0v) is 17.6. The molecule has 0 radical (unpaired) electrons. The van der Waals surface area contributed by atoms with Crippen molar-refractivity contribution in [2.24, 2.45) is 35.0 Å². The molecule has 0 heteroatoms. The Labute approximate surface area is 156 Å². The molecule has 0 aromatic heterocycles. The van der Waals surface area contributed by atoms with Crippen molar-refractivity contribution in [1.29, 1.82) is 0 Å². The maximum Gasteiger partial charge on any atom is 0 e. The molecule has 0 aromatic rings. The van der Waals surface area contributed by atoms with E-state index in [4.69, 9.17) is 0 Å². The van der Waals surface area contributed by atoms with E-state index in [0.29, 0.717) is 5.41 Å². The average molecular weight is 339 g/mol. The SMILES string of the molecule is CC1CCCCC2C(CCC3CCCC[C@@]32C)C(C)CC1.CCC.[HH].[HH]. The molecule has 6 atom stereocenters. The second-order valence-corrected chi connectivity index (χ2v) is 9.95. The second kappa shape index (κ2) is 9.63. The van der Waals surface area contributed by atoms with Gasteiger partial charge in [-0.1, -0.05) is 86.0 Å². The van der Waals surface area contributed by atoms with Gasteiger partial charge in [0.05, 0.1) is 0 Å². The molecule has 0 aromatic carbocycles. The van der Waals surface area contributed by atoms with E-state index in [1.165, 1.54) is 51.4 Å². The van der Waals surface area contributed by atoms with Gasteiger partial charge in [0.25, 0.3) is 0 Å². The van der Waals surface area contributed by atoms with Crippen molar-refractivity contribution in [3.63, 3.8) is 0 Å². The maximum absolute atomic E-state index is 2.70. The van der Waals surface area contributed by atoms with E-state index < -0.39 is 0 Å². The minimum absolute atomic E-state index is 0. The summed E-state index contributed by atoms with van der Waals surface area (Å²) in [4.78, 5) is 0. The van der Waals surface area contributed by atoms with Crippen molar-refractivity contribution in [2.45, 2.75) is 118 Å². The summed E-state index contributed by atoms with van der Waals surface area (Å²) in [7, 11) is 0. The molecule has 3 saturated carbocycles. The van der Waals surface area contributed by atoms with E-state index in [9.17, 15) is 0 Å². The van der Waals surface area contributed by atoms with E-state index in [-0.39, 0.29) is 2.85 Å². The molecule has 0 N–H and O–H groups in total.